The SMILES string of the molecule is CCCCCOC(CCCCCC#CCCCCl)OCCCCC. The monoisotopic (exact) mass is 358 g/mol. The number of rotatable bonds is 17. The predicted octanol–water partition coefficient (Wildman–Crippen LogP) is 6.70. The van der Waals surface area contributed by atoms with Crippen molar-refractivity contribution in [1.29, 1.82) is 0 Å². The van der Waals surface area contributed by atoms with E-state index in [9.17, 15) is 0 Å². The summed E-state index contributed by atoms with van der Waals surface area (Å²) in [5.41, 5.74) is 0. The summed E-state index contributed by atoms with van der Waals surface area (Å²) in [4.78, 5) is 0. The molecule has 0 radical (unpaired) electrons. The second-order valence-electron chi connectivity index (χ2n) is 6.33. The standard InChI is InChI=1S/C21H39ClO2/c1-3-5-15-19-23-21(24-20-16-6-4-2)17-13-11-9-7-8-10-12-14-18-22/h21H,3-7,9,11-20H2,1-2H3. The summed E-state index contributed by atoms with van der Waals surface area (Å²) in [6.45, 7) is 6.10. The molecule has 0 N–H and O–H groups in total. The number of alkyl halides is 1. The zero-order valence-electron chi connectivity index (χ0n) is 16.1. The zero-order valence-corrected chi connectivity index (χ0v) is 16.8. The van der Waals surface area contributed by atoms with Crippen LogP contribution in [0.5, 0.6) is 0 Å². The van der Waals surface area contributed by atoms with Gasteiger partial charge in [0.25, 0.3) is 0 Å². The molecule has 0 unspecified atom stereocenters. The highest BCUT2D eigenvalue weighted by atomic mass is 35.5. The molecule has 142 valence electrons. The molecule has 0 rings (SSSR count). The highest BCUT2D eigenvalue weighted by Gasteiger charge is 2.08. The number of unbranched alkanes of at least 4 members (excludes halogenated alkanes) is 8. The van der Waals surface area contributed by atoms with Gasteiger partial charge in [-0.3, -0.25) is 0 Å². The molecule has 0 bridgehead atoms. The van der Waals surface area contributed by atoms with Gasteiger partial charge in [0, 0.05) is 31.9 Å². The predicted molar refractivity (Wildman–Crippen MR) is 106 cm³/mol. The minimum absolute atomic E-state index is 0.00600. The Morgan fingerprint density at radius 2 is 1.29 bits per heavy atom. The van der Waals surface area contributed by atoms with Crippen molar-refractivity contribution in [1.82, 2.24) is 0 Å². The van der Waals surface area contributed by atoms with Crippen LogP contribution in [0.15, 0.2) is 0 Å². The Hall–Kier alpha value is -0.230. The van der Waals surface area contributed by atoms with Crippen molar-refractivity contribution in [2.45, 2.75) is 104 Å². The van der Waals surface area contributed by atoms with Crippen LogP contribution in [0, 0.1) is 11.8 Å². The fourth-order valence-corrected chi connectivity index (χ4v) is 2.52. The minimum atomic E-state index is -0.00600. The molecule has 0 aromatic carbocycles. The molecule has 0 saturated heterocycles. The first-order chi connectivity index (χ1) is 11.8. The van der Waals surface area contributed by atoms with Crippen molar-refractivity contribution in [3.63, 3.8) is 0 Å². The van der Waals surface area contributed by atoms with Crippen molar-refractivity contribution >= 4 is 11.6 Å². The van der Waals surface area contributed by atoms with Crippen molar-refractivity contribution in [3.05, 3.63) is 0 Å². The summed E-state index contributed by atoms with van der Waals surface area (Å²) >= 11 is 5.63. The van der Waals surface area contributed by atoms with Gasteiger partial charge in [-0.15, -0.1) is 23.4 Å². The molecule has 3 heteroatoms. The Morgan fingerprint density at radius 1 is 0.708 bits per heavy atom. The lowest BCUT2D eigenvalue weighted by Crippen LogP contribution is -2.19. The van der Waals surface area contributed by atoms with Gasteiger partial charge in [0.15, 0.2) is 6.29 Å². The van der Waals surface area contributed by atoms with E-state index in [0.29, 0.717) is 5.88 Å². The van der Waals surface area contributed by atoms with Gasteiger partial charge in [-0.05, 0) is 38.5 Å². The summed E-state index contributed by atoms with van der Waals surface area (Å²) in [7, 11) is 0. The van der Waals surface area contributed by atoms with Gasteiger partial charge >= 0.3 is 0 Å². The normalized spacial score (nSPS) is 10.8. The Kier molecular flexibility index (Phi) is 20.6. The van der Waals surface area contributed by atoms with Gasteiger partial charge in [-0.1, -0.05) is 46.0 Å². The summed E-state index contributed by atoms with van der Waals surface area (Å²) in [5.74, 6) is 7.13. The number of hydrogen-bond acceptors (Lipinski definition) is 2. The smallest absolute Gasteiger partial charge is 0.157 e. The lowest BCUT2D eigenvalue weighted by molar-refractivity contribution is -0.148. The fourth-order valence-electron chi connectivity index (χ4n) is 2.38. The fraction of sp³-hybridized carbons (Fsp3) is 0.905. The molecule has 0 aliphatic heterocycles. The maximum atomic E-state index is 5.93. The van der Waals surface area contributed by atoms with Gasteiger partial charge in [-0.25, -0.2) is 0 Å². The van der Waals surface area contributed by atoms with Crippen LogP contribution in [0.3, 0.4) is 0 Å². The first-order valence-corrected chi connectivity index (χ1v) is 10.6. The van der Waals surface area contributed by atoms with E-state index in [1.807, 2.05) is 0 Å². The molecule has 0 aliphatic rings. The minimum Gasteiger partial charge on any atom is -0.353 e. The number of halogens is 1. The molecule has 0 fully saturated rings. The first kappa shape index (κ1) is 23.8. The van der Waals surface area contributed by atoms with Crippen LogP contribution in [0.1, 0.15) is 97.3 Å². The molecule has 0 amide bonds. The Balaban J connectivity index is 3.73. The molecule has 24 heavy (non-hydrogen) atoms. The number of hydrogen-bond donors (Lipinski definition) is 0. The first-order valence-electron chi connectivity index (χ1n) is 10.1. The van der Waals surface area contributed by atoms with Crippen molar-refractivity contribution in [3.8, 4) is 11.8 Å². The van der Waals surface area contributed by atoms with Crippen LogP contribution in [-0.2, 0) is 9.47 Å². The Labute approximate surface area is 156 Å². The Morgan fingerprint density at radius 3 is 1.83 bits per heavy atom. The molecule has 0 heterocycles. The highest BCUT2D eigenvalue weighted by Crippen LogP contribution is 2.12. The lowest BCUT2D eigenvalue weighted by Gasteiger charge is -2.18. The molecule has 0 saturated carbocycles. The third-order valence-electron chi connectivity index (χ3n) is 3.91. The summed E-state index contributed by atoms with van der Waals surface area (Å²) in [6.07, 6.45) is 14.7. The summed E-state index contributed by atoms with van der Waals surface area (Å²) in [6, 6.07) is 0. The average molecular weight is 359 g/mol. The van der Waals surface area contributed by atoms with E-state index in [2.05, 4.69) is 25.7 Å². The van der Waals surface area contributed by atoms with E-state index in [1.54, 1.807) is 0 Å². The maximum Gasteiger partial charge on any atom is 0.157 e. The topological polar surface area (TPSA) is 18.5 Å². The molecule has 2 nitrogen and oxygen atoms in total. The molecular formula is C21H39ClO2. The van der Waals surface area contributed by atoms with Gasteiger partial charge in [-0.2, -0.15) is 0 Å². The van der Waals surface area contributed by atoms with Crippen LogP contribution >= 0.6 is 11.6 Å². The Bertz CT molecular complexity index is 284. The van der Waals surface area contributed by atoms with Gasteiger partial charge in [0.2, 0.25) is 0 Å². The van der Waals surface area contributed by atoms with Crippen LogP contribution in [0.2, 0.25) is 0 Å². The molecule has 0 aromatic heterocycles. The molecule has 0 spiro atoms. The second-order valence-corrected chi connectivity index (χ2v) is 6.71. The molecule has 0 aromatic rings. The summed E-state index contributed by atoms with van der Waals surface area (Å²) in [5, 5.41) is 0. The van der Waals surface area contributed by atoms with E-state index in [0.717, 1.165) is 58.2 Å². The van der Waals surface area contributed by atoms with Crippen molar-refractivity contribution in [2.75, 3.05) is 19.1 Å². The van der Waals surface area contributed by atoms with Crippen LogP contribution in [0.4, 0.5) is 0 Å². The van der Waals surface area contributed by atoms with Gasteiger partial charge in [0.05, 0.1) is 0 Å². The third-order valence-corrected chi connectivity index (χ3v) is 4.17. The van der Waals surface area contributed by atoms with Crippen LogP contribution in [-0.4, -0.2) is 25.4 Å². The largest absolute Gasteiger partial charge is 0.353 e. The van der Waals surface area contributed by atoms with E-state index in [-0.39, 0.29) is 6.29 Å². The van der Waals surface area contributed by atoms with E-state index in [1.165, 1.54) is 38.5 Å². The molecular weight excluding hydrogens is 320 g/mol. The van der Waals surface area contributed by atoms with Crippen LogP contribution < -0.4 is 0 Å². The van der Waals surface area contributed by atoms with Crippen LogP contribution in [0.25, 0.3) is 0 Å². The maximum absolute atomic E-state index is 5.93. The average Bonchev–Trinajstić information content (AvgIpc) is 2.60. The van der Waals surface area contributed by atoms with Gasteiger partial charge in [0.1, 0.15) is 0 Å². The van der Waals surface area contributed by atoms with Crippen molar-refractivity contribution < 1.29 is 9.47 Å². The van der Waals surface area contributed by atoms with E-state index in [4.69, 9.17) is 21.1 Å². The van der Waals surface area contributed by atoms with E-state index >= 15 is 0 Å². The molecule has 0 aliphatic carbocycles. The zero-order chi connectivity index (χ0) is 17.7. The van der Waals surface area contributed by atoms with Gasteiger partial charge < -0.3 is 9.47 Å². The van der Waals surface area contributed by atoms with Crippen molar-refractivity contribution in [2.24, 2.45) is 0 Å². The molecule has 0 atom stereocenters. The highest BCUT2D eigenvalue weighted by molar-refractivity contribution is 6.17. The number of ether oxygens (including phenoxy) is 2. The summed E-state index contributed by atoms with van der Waals surface area (Å²) < 4.78 is 11.9. The second kappa shape index (κ2) is 20.8. The lowest BCUT2D eigenvalue weighted by atomic mass is 10.1. The van der Waals surface area contributed by atoms with E-state index < -0.39 is 0 Å². The third kappa shape index (κ3) is 18.1. The quantitative estimate of drug-likeness (QED) is 0.125.